The summed E-state index contributed by atoms with van der Waals surface area (Å²) in [6.45, 7) is 4.80. The van der Waals surface area contributed by atoms with Crippen molar-refractivity contribution in [3.8, 4) is 22.3 Å². The molecule has 1 nitrogen and oxygen atoms in total. The summed E-state index contributed by atoms with van der Waals surface area (Å²) >= 11 is 0. The molecular formula is C65H49N. The molecule has 0 fully saturated rings. The fourth-order valence-corrected chi connectivity index (χ4v) is 14.1. The van der Waals surface area contributed by atoms with E-state index in [0.717, 1.165) is 23.5 Å². The molecule has 6 aliphatic carbocycles. The normalized spacial score (nSPS) is 23.7. The first-order chi connectivity index (χ1) is 32.5. The molecule has 5 atom stereocenters. The predicted molar refractivity (Wildman–Crippen MR) is 273 cm³/mol. The van der Waals surface area contributed by atoms with Gasteiger partial charge in [-0.05, 0) is 121 Å². The number of allylic oxidation sites excluding steroid dienone is 8. The summed E-state index contributed by atoms with van der Waals surface area (Å²) in [5.41, 5.74) is 23.6. The fourth-order valence-electron chi connectivity index (χ4n) is 14.1. The van der Waals surface area contributed by atoms with E-state index in [2.05, 4.69) is 249 Å². The van der Waals surface area contributed by atoms with Gasteiger partial charge in [0.25, 0.3) is 0 Å². The number of nitrogens with zero attached hydrogens (tertiary/aromatic N) is 1. The molecule has 314 valence electrons. The van der Waals surface area contributed by atoms with Crippen LogP contribution >= 0.6 is 0 Å². The first-order valence-corrected chi connectivity index (χ1v) is 23.9. The van der Waals surface area contributed by atoms with E-state index in [4.69, 9.17) is 0 Å². The summed E-state index contributed by atoms with van der Waals surface area (Å²) in [7, 11) is 0. The molecule has 8 aromatic rings. The molecule has 0 aliphatic heterocycles. The predicted octanol–water partition coefficient (Wildman–Crippen LogP) is 15.9. The van der Waals surface area contributed by atoms with E-state index in [9.17, 15) is 0 Å². The molecule has 6 aliphatic rings. The van der Waals surface area contributed by atoms with Gasteiger partial charge in [0.05, 0.1) is 10.8 Å². The number of benzene rings is 8. The molecule has 0 N–H and O–H groups in total. The highest BCUT2D eigenvalue weighted by molar-refractivity contribution is 5.93. The summed E-state index contributed by atoms with van der Waals surface area (Å²) in [5.74, 6) is 0.753. The Kier molecular flexibility index (Phi) is 7.90. The third-order valence-corrected chi connectivity index (χ3v) is 16.7. The molecule has 1 heteroatoms. The lowest BCUT2D eigenvalue weighted by atomic mass is 9.45. The van der Waals surface area contributed by atoms with Crippen LogP contribution in [-0.2, 0) is 16.2 Å². The van der Waals surface area contributed by atoms with Crippen LogP contribution in [0.25, 0.3) is 27.8 Å². The first-order valence-electron chi connectivity index (χ1n) is 23.9. The van der Waals surface area contributed by atoms with Crippen LogP contribution in [0.3, 0.4) is 0 Å². The Labute approximate surface area is 388 Å². The number of hydrogen-bond donors (Lipinski definition) is 0. The van der Waals surface area contributed by atoms with Crippen molar-refractivity contribution in [1.29, 1.82) is 0 Å². The van der Waals surface area contributed by atoms with Crippen LogP contribution in [0.1, 0.15) is 76.3 Å². The van der Waals surface area contributed by atoms with Crippen molar-refractivity contribution in [2.75, 3.05) is 4.90 Å². The molecule has 0 amide bonds. The third kappa shape index (κ3) is 4.80. The molecule has 0 saturated carbocycles. The van der Waals surface area contributed by atoms with Gasteiger partial charge in [-0.2, -0.15) is 0 Å². The number of anilines is 3. The van der Waals surface area contributed by atoms with Crippen LogP contribution in [0, 0.1) is 11.8 Å². The van der Waals surface area contributed by atoms with Crippen LogP contribution < -0.4 is 4.90 Å². The SMILES string of the molecule is CC1(C)C2=CC(c3ccc(N(c4ccccc4)c4ccc5c(c4)C4(c6ccccc6-5)c5cccc6c5C(c5ccccc5)(c5ccccc5-6)C5C=CC=CC54)cc3)=CCC2c2ccccc21. The lowest BCUT2D eigenvalue weighted by Crippen LogP contribution is -2.53. The number of fused-ring (bicyclic) bond motifs is 15. The second-order valence-electron chi connectivity index (χ2n) is 19.8. The highest BCUT2D eigenvalue weighted by Crippen LogP contribution is 2.71. The lowest BCUT2D eigenvalue weighted by Gasteiger charge is -2.56. The maximum atomic E-state index is 2.56. The Balaban J connectivity index is 0.958. The Morgan fingerprint density at radius 1 is 0.455 bits per heavy atom. The van der Waals surface area contributed by atoms with Crippen molar-refractivity contribution < 1.29 is 0 Å². The molecule has 0 saturated heterocycles. The van der Waals surface area contributed by atoms with Crippen LogP contribution in [0.4, 0.5) is 17.1 Å². The average Bonchev–Trinajstić information content (AvgIpc) is 3.94. The largest absolute Gasteiger partial charge is 0.310 e. The van der Waals surface area contributed by atoms with E-state index in [-0.39, 0.29) is 22.7 Å². The van der Waals surface area contributed by atoms with E-state index < -0.39 is 5.41 Å². The van der Waals surface area contributed by atoms with Crippen LogP contribution in [0.2, 0.25) is 0 Å². The third-order valence-electron chi connectivity index (χ3n) is 16.7. The van der Waals surface area contributed by atoms with Gasteiger partial charge in [0.2, 0.25) is 0 Å². The van der Waals surface area contributed by atoms with Crippen LogP contribution in [0.5, 0.6) is 0 Å². The maximum Gasteiger partial charge on any atom is 0.0536 e. The molecule has 14 rings (SSSR count). The van der Waals surface area contributed by atoms with Crippen molar-refractivity contribution in [2.45, 2.75) is 42.4 Å². The second kappa shape index (κ2) is 13.8. The minimum Gasteiger partial charge on any atom is -0.310 e. The zero-order valence-electron chi connectivity index (χ0n) is 37.3. The van der Waals surface area contributed by atoms with E-state index in [0.29, 0.717) is 5.92 Å². The summed E-state index contributed by atoms with van der Waals surface area (Å²) in [6.07, 6.45) is 15.7. The first kappa shape index (κ1) is 37.9. The van der Waals surface area contributed by atoms with Crippen LogP contribution in [0.15, 0.2) is 236 Å². The Morgan fingerprint density at radius 3 is 1.77 bits per heavy atom. The second-order valence-corrected chi connectivity index (χ2v) is 19.8. The summed E-state index contributed by atoms with van der Waals surface area (Å²) in [4.78, 5) is 2.47. The molecule has 0 radical (unpaired) electrons. The molecule has 66 heavy (non-hydrogen) atoms. The molecule has 5 unspecified atom stereocenters. The zero-order chi connectivity index (χ0) is 43.8. The van der Waals surface area contributed by atoms with Gasteiger partial charge in [0.1, 0.15) is 0 Å². The molecule has 8 aromatic carbocycles. The number of rotatable bonds is 5. The average molecular weight is 844 g/mol. The molecule has 0 bridgehead atoms. The van der Waals surface area contributed by atoms with Gasteiger partial charge in [-0.3, -0.25) is 0 Å². The smallest absolute Gasteiger partial charge is 0.0536 e. The monoisotopic (exact) mass is 843 g/mol. The van der Waals surface area contributed by atoms with Gasteiger partial charge in [-0.15, -0.1) is 0 Å². The highest BCUT2D eigenvalue weighted by Gasteiger charge is 2.65. The van der Waals surface area contributed by atoms with Crippen molar-refractivity contribution >= 4 is 22.6 Å². The van der Waals surface area contributed by atoms with Crippen molar-refractivity contribution in [3.05, 3.63) is 286 Å². The van der Waals surface area contributed by atoms with E-state index in [1.807, 2.05) is 0 Å². The summed E-state index contributed by atoms with van der Waals surface area (Å²) in [6, 6.07) is 73.9. The van der Waals surface area contributed by atoms with Gasteiger partial charge in [-0.1, -0.05) is 214 Å². The van der Waals surface area contributed by atoms with Crippen molar-refractivity contribution in [1.82, 2.24) is 0 Å². The number of hydrogen-bond acceptors (Lipinski definition) is 1. The van der Waals surface area contributed by atoms with Gasteiger partial charge in [-0.25, -0.2) is 0 Å². The molecular weight excluding hydrogens is 795 g/mol. The lowest BCUT2D eigenvalue weighted by molar-refractivity contribution is 0.255. The fraction of sp³-hybridized carbons (Fsp3) is 0.138. The van der Waals surface area contributed by atoms with E-state index in [1.54, 1.807) is 0 Å². The van der Waals surface area contributed by atoms with Gasteiger partial charge < -0.3 is 4.90 Å². The molecule has 1 spiro atoms. The number of para-hydroxylation sites is 1. The van der Waals surface area contributed by atoms with Gasteiger partial charge >= 0.3 is 0 Å². The van der Waals surface area contributed by atoms with E-state index in [1.165, 1.54) is 83.5 Å². The van der Waals surface area contributed by atoms with Crippen molar-refractivity contribution in [2.24, 2.45) is 11.8 Å². The minimum absolute atomic E-state index is 0.0182. The maximum absolute atomic E-state index is 2.56. The quantitative estimate of drug-likeness (QED) is 0.167. The molecule has 0 heterocycles. The standard InChI is InChI=1S/C65H49N/c1-63(2)54-26-12-9-22-48(54)51-38-34-43(40-60(51)63)42-32-35-46(36-33-42)66(45-20-7-4-8-21-45)47-37-39-52-49-23-10-14-28-56(49)65(61(52)41-47)58-30-16-15-29-57(58)64(44-18-5-3-6-19-44)55-27-13-11-24-50(55)53-25-17-31-59(65)62(53)64/h3-37,39-41,51,57-58H,38H2,1-2H3. The summed E-state index contributed by atoms with van der Waals surface area (Å²) < 4.78 is 0. The van der Waals surface area contributed by atoms with Crippen molar-refractivity contribution in [3.63, 3.8) is 0 Å². The summed E-state index contributed by atoms with van der Waals surface area (Å²) in [5, 5.41) is 0. The zero-order valence-corrected chi connectivity index (χ0v) is 37.3. The van der Waals surface area contributed by atoms with Gasteiger partial charge in [0.15, 0.2) is 0 Å². The van der Waals surface area contributed by atoms with Crippen LogP contribution in [-0.4, -0.2) is 0 Å². The molecule has 0 aromatic heterocycles. The minimum atomic E-state index is -0.446. The van der Waals surface area contributed by atoms with Gasteiger partial charge in [0, 0.05) is 40.2 Å². The Morgan fingerprint density at radius 2 is 1.02 bits per heavy atom. The highest BCUT2D eigenvalue weighted by atomic mass is 15.1. The topological polar surface area (TPSA) is 3.24 Å². The van der Waals surface area contributed by atoms with E-state index >= 15 is 0 Å². The Bertz CT molecular complexity index is 3440. The Hall–Kier alpha value is -7.48.